The van der Waals surface area contributed by atoms with Gasteiger partial charge in [-0.05, 0) is 26.3 Å². The summed E-state index contributed by atoms with van der Waals surface area (Å²) in [7, 11) is 0. The summed E-state index contributed by atoms with van der Waals surface area (Å²) < 4.78 is 5.11. The van der Waals surface area contributed by atoms with E-state index in [2.05, 4.69) is 5.32 Å². The number of hydrogen-bond acceptors (Lipinski definition) is 3. The molecule has 2 saturated heterocycles. The molecule has 0 spiro atoms. The van der Waals surface area contributed by atoms with E-state index in [0.29, 0.717) is 12.6 Å². The monoisotopic (exact) mass is 255 g/mol. The molecule has 2 rings (SSSR count). The summed E-state index contributed by atoms with van der Waals surface area (Å²) in [5.74, 6) is 0.181. The summed E-state index contributed by atoms with van der Waals surface area (Å²) >= 11 is 0. The van der Waals surface area contributed by atoms with Gasteiger partial charge in [-0.3, -0.25) is 4.79 Å². The molecule has 0 aliphatic carbocycles. The smallest absolute Gasteiger partial charge is 0.309 e. The standard InChI is InChI=1S/C14H26N2O2/c1-2-18-14(17)12-6-9-16(10-7-12)11-13-5-3-4-8-15-13/h12-13,15H,2-11H2,1H3/p+1. The van der Waals surface area contributed by atoms with Crippen LogP contribution in [0.4, 0.5) is 0 Å². The number of carbonyl (C=O) groups excluding carboxylic acids is 1. The largest absolute Gasteiger partial charge is 0.466 e. The predicted octanol–water partition coefficient (Wildman–Crippen LogP) is -0.0135. The van der Waals surface area contributed by atoms with Gasteiger partial charge in [-0.15, -0.1) is 0 Å². The van der Waals surface area contributed by atoms with E-state index in [1.807, 2.05) is 6.92 Å². The molecule has 2 aliphatic heterocycles. The van der Waals surface area contributed by atoms with Gasteiger partial charge in [0.2, 0.25) is 0 Å². The zero-order valence-electron chi connectivity index (χ0n) is 11.5. The molecule has 18 heavy (non-hydrogen) atoms. The van der Waals surface area contributed by atoms with Gasteiger partial charge in [0, 0.05) is 12.8 Å². The minimum atomic E-state index is 0.0207. The van der Waals surface area contributed by atoms with Crippen LogP contribution >= 0.6 is 0 Å². The average molecular weight is 255 g/mol. The number of ether oxygens (including phenoxy) is 1. The van der Waals surface area contributed by atoms with Crippen LogP contribution in [0.25, 0.3) is 0 Å². The van der Waals surface area contributed by atoms with Crippen molar-refractivity contribution in [2.45, 2.75) is 45.1 Å². The molecule has 4 heteroatoms. The Labute approximate surface area is 110 Å². The first-order valence-electron chi connectivity index (χ1n) is 7.53. The van der Waals surface area contributed by atoms with E-state index in [0.717, 1.165) is 25.9 Å². The molecule has 0 aromatic carbocycles. The van der Waals surface area contributed by atoms with Crippen LogP contribution in [0.15, 0.2) is 0 Å². The summed E-state index contributed by atoms with van der Waals surface area (Å²) in [6.45, 7) is 7.06. The highest BCUT2D eigenvalue weighted by molar-refractivity contribution is 5.72. The van der Waals surface area contributed by atoms with Crippen molar-refractivity contribution in [3.8, 4) is 0 Å². The SMILES string of the molecule is CCOC(=O)C1CC[NH+](CC2CCCCN2)CC1. The third kappa shape index (κ3) is 3.95. The van der Waals surface area contributed by atoms with E-state index in [4.69, 9.17) is 4.74 Å². The van der Waals surface area contributed by atoms with Gasteiger partial charge in [-0.2, -0.15) is 0 Å². The molecule has 0 radical (unpaired) electrons. The second-order valence-electron chi connectivity index (χ2n) is 5.63. The van der Waals surface area contributed by atoms with Crippen molar-refractivity contribution in [2.24, 2.45) is 5.92 Å². The maximum absolute atomic E-state index is 11.7. The normalized spacial score (nSPS) is 33.1. The first-order valence-corrected chi connectivity index (χ1v) is 7.53. The van der Waals surface area contributed by atoms with Gasteiger partial charge in [0.1, 0.15) is 0 Å². The third-order valence-corrected chi connectivity index (χ3v) is 4.26. The van der Waals surface area contributed by atoms with Crippen LogP contribution in [-0.2, 0) is 9.53 Å². The Morgan fingerprint density at radius 2 is 2.06 bits per heavy atom. The van der Waals surface area contributed by atoms with E-state index in [-0.39, 0.29) is 11.9 Å². The van der Waals surface area contributed by atoms with Gasteiger partial charge in [0.05, 0.1) is 38.2 Å². The Kier molecular flexibility index (Phi) is 5.45. The average Bonchev–Trinajstić information content (AvgIpc) is 2.41. The quantitative estimate of drug-likeness (QED) is 0.694. The van der Waals surface area contributed by atoms with Crippen molar-refractivity contribution < 1.29 is 14.4 Å². The number of carbonyl (C=O) groups is 1. The number of quaternary nitrogens is 1. The van der Waals surface area contributed by atoms with Crippen molar-refractivity contribution >= 4 is 5.97 Å². The van der Waals surface area contributed by atoms with Gasteiger partial charge in [-0.1, -0.05) is 6.42 Å². The Hall–Kier alpha value is -0.610. The molecule has 0 aromatic heterocycles. The molecule has 1 atom stereocenters. The van der Waals surface area contributed by atoms with Crippen molar-refractivity contribution in [1.82, 2.24) is 5.32 Å². The zero-order valence-corrected chi connectivity index (χ0v) is 11.5. The molecule has 1 unspecified atom stereocenters. The molecule has 0 bridgehead atoms. The van der Waals surface area contributed by atoms with Gasteiger partial charge in [0.25, 0.3) is 0 Å². The van der Waals surface area contributed by atoms with Crippen LogP contribution in [0.1, 0.15) is 39.0 Å². The lowest BCUT2D eigenvalue weighted by Gasteiger charge is -2.32. The summed E-state index contributed by atoms with van der Waals surface area (Å²) in [5, 5.41) is 3.61. The molecule has 2 aliphatic rings. The minimum absolute atomic E-state index is 0.0207. The fourth-order valence-electron chi connectivity index (χ4n) is 3.17. The second kappa shape index (κ2) is 7.10. The Morgan fingerprint density at radius 1 is 1.28 bits per heavy atom. The van der Waals surface area contributed by atoms with Crippen molar-refractivity contribution in [3.63, 3.8) is 0 Å². The number of piperidine rings is 2. The number of likely N-dealkylation sites (tertiary alicyclic amines) is 1. The first-order chi connectivity index (χ1) is 8.79. The summed E-state index contributed by atoms with van der Waals surface area (Å²) in [5.41, 5.74) is 0. The fraction of sp³-hybridized carbons (Fsp3) is 0.929. The number of esters is 1. The highest BCUT2D eigenvalue weighted by Gasteiger charge is 2.29. The van der Waals surface area contributed by atoms with Gasteiger partial charge >= 0.3 is 5.97 Å². The molecule has 2 N–H and O–H groups in total. The molecule has 2 fully saturated rings. The fourth-order valence-corrected chi connectivity index (χ4v) is 3.17. The Balaban J connectivity index is 1.68. The zero-order chi connectivity index (χ0) is 12.8. The Bertz CT molecular complexity index is 257. The van der Waals surface area contributed by atoms with Crippen molar-refractivity contribution in [3.05, 3.63) is 0 Å². The van der Waals surface area contributed by atoms with Crippen LogP contribution in [0.5, 0.6) is 0 Å². The lowest BCUT2D eigenvalue weighted by Crippen LogP contribution is -3.14. The van der Waals surface area contributed by atoms with E-state index in [9.17, 15) is 4.79 Å². The van der Waals surface area contributed by atoms with E-state index >= 15 is 0 Å². The van der Waals surface area contributed by atoms with E-state index in [1.54, 1.807) is 4.90 Å². The van der Waals surface area contributed by atoms with Crippen LogP contribution in [0.3, 0.4) is 0 Å². The molecule has 0 aromatic rings. The molecule has 2 heterocycles. The number of nitrogens with one attached hydrogen (secondary N) is 2. The van der Waals surface area contributed by atoms with Crippen LogP contribution in [0.2, 0.25) is 0 Å². The van der Waals surface area contributed by atoms with E-state index < -0.39 is 0 Å². The lowest BCUT2D eigenvalue weighted by atomic mass is 9.96. The molecule has 0 saturated carbocycles. The van der Waals surface area contributed by atoms with Crippen LogP contribution in [-0.4, -0.2) is 44.8 Å². The number of rotatable bonds is 4. The topological polar surface area (TPSA) is 42.8 Å². The molecular weight excluding hydrogens is 228 g/mol. The van der Waals surface area contributed by atoms with Crippen LogP contribution < -0.4 is 10.2 Å². The van der Waals surface area contributed by atoms with Gasteiger partial charge in [0.15, 0.2) is 0 Å². The Morgan fingerprint density at radius 3 is 2.67 bits per heavy atom. The number of hydrogen-bond donors (Lipinski definition) is 2. The van der Waals surface area contributed by atoms with Crippen molar-refractivity contribution in [2.75, 3.05) is 32.8 Å². The van der Waals surface area contributed by atoms with E-state index in [1.165, 1.54) is 32.4 Å². The summed E-state index contributed by atoms with van der Waals surface area (Å²) in [6, 6.07) is 0.702. The molecule has 0 amide bonds. The molecule has 4 nitrogen and oxygen atoms in total. The first kappa shape index (κ1) is 13.8. The second-order valence-corrected chi connectivity index (χ2v) is 5.63. The minimum Gasteiger partial charge on any atom is -0.466 e. The lowest BCUT2D eigenvalue weighted by molar-refractivity contribution is -0.907. The molecule has 104 valence electrons. The highest BCUT2D eigenvalue weighted by atomic mass is 16.5. The predicted molar refractivity (Wildman–Crippen MR) is 70.6 cm³/mol. The highest BCUT2D eigenvalue weighted by Crippen LogP contribution is 2.12. The van der Waals surface area contributed by atoms with Crippen molar-refractivity contribution in [1.29, 1.82) is 0 Å². The summed E-state index contributed by atoms with van der Waals surface area (Å²) in [6.07, 6.45) is 6.03. The maximum atomic E-state index is 11.7. The maximum Gasteiger partial charge on any atom is 0.309 e. The van der Waals surface area contributed by atoms with Gasteiger partial charge < -0.3 is 15.0 Å². The molecular formula is C14H27N2O2+. The van der Waals surface area contributed by atoms with Gasteiger partial charge in [-0.25, -0.2) is 0 Å². The summed E-state index contributed by atoms with van der Waals surface area (Å²) in [4.78, 5) is 13.3. The van der Waals surface area contributed by atoms with Crippen LogP contribution in [0, 0.1) is 5.92 Å². The third-order valence-electron chi connectivity index (χ3n) is 4.26.